The van der Waals surface area contributed by atoms with Gasteiger partial charge >= 0.3 is 12.0 Å². The summed E-state index contributed by atoms with van der Waals surface area (Å²) in [5.41, 5.74) is -1.08. The van der Waals surface area contributed by atoms with Gasteiger partial charge in [-0.05, 0) is 44.9 Å². The Labute approximate surface area is 115 Å². The average Bonchev–Trinajstić information content (AvgIpc) is 2.39. The summed E-state index contributed by atoms with van der Waals surface area (Å²) < 4.78 is 0. The maximum absolute atomic E-state index is 12.2. The lowest BCUT2D eigenvalue weighted by atomic mass is 9.77. The summed E-state index contributed by atoms with van der Waals surface area (Å²) in [7, 11) is 1.71. The molecule has 5 heteroatoms. The Balaban J connectivity index is 2.74. The van der Waals surface area contributed by atoms with Crippen molar-refractivity contribution in [3.8, 4) is 0 Å². The number of rotatable bonds is 4. The number of carbonyl (C=O) groups excluding carboxylic acids is 1. The monoisotopic (exact) mass is 270 g/mol. The standard InChI is InChI=1S/C14H26N2O3/c1-5-11(3)16(4)13(19)15-14(12(17)18)8-6-10(2)7-9-14/h10-11H,5-9H2,1-4H3,(H,15,19)(H,17,18). The largest absolute Gasteiger partial charge is 0.480 e. The Morgan fingerprint density at radius 2 is 1.95 bits per heavy atom. The number of carbonyl (C=O) groups is 2. The molecule has 5 nitrogen and oxygen atoms in total. The van der Waals surface area contributed by atoms with Crippen LogP contribution in [-0.2, 0) is 4.79 Å². The summed E-state index contributed by atoms with van der Waals surface area (Å²) in [5, 5.41) is 12.2. The van der Waals surface area contributed by atoms with Gasteiger partial charge < -0.3 is 15.3 Å². The van der Waals surface area contributed by atoms with Gasteiger partial charge in [0.25, 0.3) is 0 Å². The Kier molecular flexibility index (Phi) is 5.20. The predicted molar refractivity (Wildman–Crippen MR) is 74.0 cm³/mol. The molecule has 110 valence electrons. The highest BCUT2D eigenvalue weighted by Crippen LogP contribution is 2.32. The van der Waals surface area contributed by atoms with E-state index >= 15 is 0 Å². The Morgan fingerprint density at radius 3 is 2.37 bits per heavy atom. The van der Waals surface area contributed by atoms with E-state index in [4.69, 9.17) is 0 Å². The average molecular weight is 270 g/mol. The third-order valence-corrected chi connectivity index (χ3v) is 4.46. The first-order valence-electron chi connectivity index (χ1n) is 7.10. The lowest BCUT2D eigenvalue weighted by Crippen LogP contribution is -2.59. The fourth-order valence-electron chi connectivity index (χ4n) is 2.41. The highest BCUT2D eigenvalue weighted by atomic mass is 16.4. The third kappa shape index (κ3) is 3.61. The van der Waals surface area contributed by atoms with Crippen molar-refractivity contribution in [1.82, 2.24) is 10.2 Å². The second-order valence-electron chi connectivity index (χ2n) is 5.87. The normalized spacial score (nSPS) is 28.5. The Bertz CT molecular complexity index is 336. The van der Waals surface area contributed by atoms with Crippen molar-refractivity contribution < 1.29 is 14.7 Å². The molecule has 1 fully saturated rings. The third-order valence-electron chi connectivity index (χ3n) is 4.46. The van der Waals surface area contributed by atoms with Crippen molar-refractivity contribution in [2.24, 2.45) is 5.92 Å². The molecule has 0 saturated heterocycles. The molecule has 19 heavy (non-hydrogen) atoms. The van der Waals surface area contributed by atoms with Gasteiger partial charge in [0.2, 0.25) is 0 Å². The topological polar surface area (TPSA) is 69.6 Å². The molecule has 1 rings (SSSR count). The molecular weight excluding hydrogens is 244 g/mol. The first kappa shape index (κ1) is 15.8. The van der Waals surface area contributed by atoms with Crippen LogP contribution in [0.5, 0.6) is 0 Å². The number of nitrogens with one attached hydrogen (secondary N) is 1. The van der Waals surface area contributed by atoms with Gasteiger partial charge in [-0.1, -0.05) is 13.8 Å². The number of nitrogens with zero attached hydrogens (tertiary/aromatic N) is 1. The highest BCUT2D eigenvalue weighted by molar-refractivity contribution is 5.86. The molecule has 1 atom stereocenters. The quantitative estimate of drug-likeness (QED) is 0.824. The minimum atomic E-state index is -1.08. The first-order valence-corrected chi connectivity index (χ1v) is 7.10. The molecule has 1 unspecified atom stereocenters. The molecule has 1 saturated carbocycles. The van der Waals surface area contributed by atoms with Crippen LogP contribution in [0.1, 0.15) is 52.9 Å². The van der Waals surface area contributed by atoms with Crippen molar-refractivity contribution in [2.75, 3.05) is 7.05 Å². The summed E-state index contributed by atoms with van der Waals surface area (Å²) in [5.74, 6) is -0.373. The van der Waals surface area contributed by atoms with E-state index < -0.39 is 11.5 Å². The summed E-state index contributed by atoms with van der Waals surface area (Å²) >= 11 is 0. The minimum absolute atomic E-state index is 0.105. The lowest BCUT2D eigenvalue weighted by Gasteiger charge is -2.38. The van der Waals surface area contributed by atoms with Crippen LogP contribution >= 0.6 is 0 Å². The molecule has 0 aromatic rings. The van der Waals surface area contributed by atoms with Crippen LogP contribution in [0.2, 0.25) is 0 Å². The van der Waals surface area contributed by atoms with Gasteiger partial charge in [-0.15, -0.1) is 0 Å². The van der Waals surface area contributed by atoms with Gasteiger partial charge in [0.15, 0.2) is 0 Å². The lowest BCUT2D eigenvalue weighted by molar-refractivity contribution is -0.146. The molecule has 1 aliphatic carbocycles. The van der Waals surface area contributed by atoms with E-state index in [1.165, 1.54) is 0 Å². The zero-order valence-electron chi connectivity index (χ0n) is 12.4. The van der Waals surface area contributed by atoms with Crippen LogP contribution in [-0.4, -0.2) is 40.6 Å². The van der Waals surface area contributed by atoms with Crippen molar-refractivity contribution in [1.29, 1.82) is 0 Å². The van der Waals surface area contributed by atoms with Crippen LogP contribution < -0.4 is 5.32 Å². The number of aliphatic carboxylic acids is 1. The summed E-state index contributed by atoms with van der Waals surface area (Å²) in [6.45, 7) is 6.08. The molecule has 0 bridgehead atoms. The van der Waals surface area contributed by atoms with Crippen LogP contribution in [0, 0.1) is 5.92 Å². The van der Waals surface area contributed by atoms with Gasteiger partial charge in [-0.3, -0.25) is 0 Å². The molecule has 0 radical (unpaired) electrons. The SMILES string of the molecule is CCC(C)N(C)C(=O)NC1(C(=O)O)CCC(C)CC1. The number of hydrogen-bond donors (Lipinski definition) is 2. The zero-order valence-corrected chi connectivity index (χ0v) is 12.4. The molecule has 0 aromatic carbocycles. The van der Waals surface area contributed by atoms with Crippen molar-refractivity contribution >= 4 is 12.0 Å². The van der Waals surface area contributed by atoms with E-state index in [-0.39, 0.29) is 12.1 Å². The maximum atomic E-state index is 12.2. The molecular formula is C14H26N2O3. The Morgan fingerprint density at radius 1 is 1.42 bits per heavy atom. The second-order valence-corrected chi connectivity index (χ2v) is 5.87. The van der Waals surface area contributed by atoms with E-state index in [2.05, 4.69) is 12.2 Å². The van der Waals surface area contributed by atoms with Gasteiger partial charge in [0.1, 0.15) is 5.54 Å². The van der Waals surface area contributed by atoms with Crippen LogP contribution in [0.4, 0.5) is 4.79 Å². The van der Waals surface area contributed by atoms with E-state index in [9.17, 15) is 14.7 Å². The fourth-order valence-corrected chi connectivity index (χ4v) is 2.41. The van der Waals surface area contributed by atoms with Gasteiger partial charge in [0, 0.05) is 13.1 Å². The van der Waals surface area contributed by atoms with Crippen molar-refractivity contribution in [3.63, 3.8) is 0 Å². The molecule has 2 N–H and O–H groups in total. The molecule has 2 amide bonds. The first-order chi connectivity index (χ1) is 8.82. The van der Waals surface area contributed by atoms with Crippen molar-refractivity contribution in [3.05, 3.63) is 0 Å². The summed E-state index contributed by atoms with van der Waals surface area (Å²) in [6, 6.07) is -0.181. The van der Waals surface area contributed by atoms with Gasteiger partial charge in [-0.25, -0.2) is 9.59 Å². The number of carboxylic acids is 1. The van der Waals surface area contributed by atoms with Gasteiger partial charge in [-0.2, -0.15) is 0 Å². The van der Waals surface area contributed by atoms with Crippen LogP contribution in [0.15, 0.2) is 0 Å². The number of amides is 2. The molecule has 1 aliphatic rings. The highest BCUT2D eigenvalue weighted by Gasteiger charge is 2.43. The van der Waals surface area contributed by atoms with E-state index in [0.717, 1.165) is 19.3 Å². The van der Waals surface area contributed by atoms with Gasteiger partial charge in [0.05, 0.1) is 0 Å². The molecule has 0 heterocycles. The second kappa shape index (κ2) is 6.26. The summed E-state index contributed by atoms with van der Waals surface area (Å²) in [4.78, 5) is 25.3. The predicted octanol–water partition coefficient (Wildman–Crippen LogP) is 2.46. The molecule has 0 aliphatic heterocycles. The van der Waals surface area contributed by atoms with E-state index in [0.29, 0.717) is 18.8 Å². The molecule has 0 aromatic heterocycles. The number of hydrogen-bond acceptors (Lipinski definition) is 2. The van der Waals surface area contributed by atoms with Crippen LogP contribution in [0.3, 0.4) is 0 Å². The maximum Gasteiger partial charge on any atom is 0.329 e. The van der Waals surface area contributed by atoms with E-state index in [1.54, 1.807) is 11.9 Å². The minimum Gasteiger partial charge on any atom is -0.480 e. The molecule has 0 spiro atoms. The van der Waals surface area contributed by atoms with E-state index in [1.807, 2.05) is 13.8 Å². The van der Waals surface area contributed by atoms with Crippen LogP contribution in [0.25, 0.3) is 0 Å². The zero-order chi connectivity index (χ0) is 14.6. The number of carboxylic acid groups (broad SMARTS) is 1. The Hall–Kier alpha value is -1.26. The number of urea groups is 1. The summed E-state index contributed by atoms with van der Waals surface area (Å²) in [6.07, 6.45) is 3.58. The van der Waals surface area contributed by atoms with Crippen molar-refractivity contribution in [2.45, 2.75) is 64.5 Å². The fraction of sp³-hybridized carbons (Fsp3) is 0.857. The smallest absolute Gasteiger partial charge is 0.329 e.